The van der Waals surface area contributed by atoms with E-state index < -0.39 is 0 Å². The minimum absolute atomic E-state index is 0.0276. The van der Waals surface area contributed by atoms with Crippen molar-refractivity contribution < 1.29 is 19.7 Å². The maximum atomic E-state index is 8.22. The third-order valence-electron chi connectivity index (χ3n) is 0.579. The molecule has 2 N–H and O–H groups in total. The van der Waals surface area contributed by atoms with Crippen molar-refractivity contribution in [2.45, 2.75) is 0 Å². The van der Waals surface area contributed by atoms with Crippen LogP contribution in [0.2, 0.25) is 0 Å². The Bertz CT molecular complexity index is 108. The number of hydrogen-bond acceptors (Lipinski definition) is 4. The van der Waals surface area contributed by atoms with Crippen LogP contribution in [-0.2, 0) is 9.47 Å². The minimum atomic E-state index is -0.0276. The van der Waals surface area contributed by atoms with Crippen LogP contribution in [0.15, 0.2) is 25.0 Å². The number of aliphatic hydroxyl groups is 2. The van der Waals surface area contributed by atoms with Gasteiger partial charge in [-0.25, -0.2) is 0 Å². The molecule has 0 aromatic rings. The number of ether oxygens (including phenoxy) is 2. The zero-order valence-corrected chi connectivity index (χ0v) is 5.43. The number of hydrogen-bond donors (Lipinski definition) is 2. The molecule has 4 heteroatoms. The van der Waals surface area contributed by atoms with E-state index in [1.54, 1.807) is 0 Å². The van der Waals surface area contributed by atoms with Gasteiger partial charge in [0.1, 0.15) is 31.7 Å². The maximum absolute atomic E-state index is 8.22. The van der Waals surface area contributed by atoms with Gasteiger partial charge >= 0.3 is 0 Å². The molecule has 0 aliphatic heterocycles. The first kappa shape index (κ1) is 8.84. The summed E-state index contributed by atoms with van der Waals surface area (Å²) in [5.41, 5.74) is 0. The van der Waals surface area contributed by atoms with Crippen molar-refractivity contribution in [3.63, 3.8) is 0 Å². The van der Waals surface area contributed by atoms with Gasteiger partial charge in [-0.15, -0.1) is 0 Å². The summed E-state index contributed by atoms with van der Waals surface area (Å²) < 4.78 is 9.17. The molecule has 0 aromatic carbocycles. The molecule has 0 fully saturated rings. The van der Waals surface area contributed by atoms with Crippen LogP contribution < -0.4 is 0 Å². The van der Waals surface area contributed by atoms with E-state index in [9.17, 15) is 0 Å². The maximum Gasteiger partial charge on any atom is 0.125 e. The van der Waals surface area contributed by atoms with Crippen molar-refractivity contribution in [2.24, 2.45) is 0 Å². The molecule has 0 saturated heterocycles. The lowest BCUT2D eigenvalue weighted by Crippen LogP contribution is -1.91. The fourth-order valence-electron chi connectivity index (χ4n) is 0.273. The van der Waals surface area contributed by atoms with Gasteiger partial charge in [-0.2, -0.15) is 0 Å². The van der Waals surface area contributed by atoms with Crippen LogP contribution in [0.5, 0.6) is 0 Å². The number of aliphatic hydroxyl groups excluding tert-OH is 2. The van der Waals surface area contributed by atoms with Crippen molar-refractivity contribution in [1.82, 2.24) is 0 Å². The van der Waals surface area contributed by atoms with Crippen LogP contribution in [0.1, 0.15) is 0 Å². The summed E-state index contributed by atoms with van der Waals surface area (Å²) in [5, 5.41) is 16.3. The molecule has 0 amide bonds. The highest BCUT2D eigenvalue weighted by Crippen LogP contribution is 1.80. The van der Waals surface area contributed by atoms with Crippen molar-refractivity contribution >= 4 is 0 Å². The van der Waals surface area contributed by atoms with E-state index in [1.807, 2.05) is 0 Å². The summed E-state index contributed by atoms with van der Waals surface area (Å²) in [4.78, 5) is 0. The van der Waals surface area contributed by atoms with Gasteiger partial charge in [0.05, 0.1) is 6.61 Å². The second-order valence-corrected chi connectivity index (χ2v) is 1.29. The molecule has 0 heterocycles. The molecule has 0 rings (SSSR count). The fourth-order valence-corrected chi connectivity index (χ4v) is 0.273. The highest BCUT2D eigenvalue weighted by atomic mass is 16.5. The fraction of sp³-hybridized carbons (Fsp3) is 0.333. The van der Waals surface area contributed by atoms with E-state index in [0.717, 1.165) is 12.5 Å². The zero-order valence-electron chi connectivity index (χ0n) is 5.43. The van der Waals surface area contributed by atoms with Crippen LogP contribution in [-0.4, -0.2) is 23.4 Å². The van der Waals surface area contributed by atoms with Gasteiger partial charge in [-0.1, -0.05) is 0 Å². The van der Waals surface area contributed by atoms with Gasteiger partial charge in [0, 0.05) is 0 Å². The standard InChI is InChI=1S/C6H10O4/c7-1-3-9-5-6-10-4-2-8/h1,3,5-8H,2,4H2/b3-1+,6-5+. The lowest BCUT2D eigenvalue weighted by atomic mass is 10.8. The van der Waals surface area contributed by atoms with Gasteiger partial charge in [0.2, 0.25) is 0 Å². The monoisotopic (exact) mass is 146 g/mol. The van der Waals surface area contributed by atoms with Crippen molar-refractivity contribution in [2.75, 3.05) is 13.2 Å². The first-order valence-corrected chi connectivity index (χ1v) is 2.74. The van der Waals surface area contributed by atoms with Crippen molar-refractivity contribution in [1.29, 1.82) is 0 Å². The van der Waals surface area contributed by atoms with Gasteiger partial charge in [-0.3, -0.25) is 0 Å². The second-order valence-electron chi connectivity index (χ2n) is 1.29. The van der Waals surface area contributed by atoms with E-state index in [2.05, 4.69) is 9.47 Å². The lowest BCUT2D eigenvalue weighted by molar-refractivity contribution is 0.160. The molecule has 58 valence electrons. The molecular formula is C6H10O4. The van der Waals surface area contributed by atoms with Gasteiger partial charge in [-0.05, 0) is 0 Å². The molecule has 10 heavy (non-hydrogen) atoms. The van der Waals surface area contributed by atoms with Crippen LogP contribution in [0.25, 0.3) is 0 Å². The van der Waals surface area contributed by atoms with E-state index in [4.69, 9.17) is 10.2 Å². The van der Waals surface area contributed by atoms with Gasteiger partial charge in [0.15, 0.2) is 0 Å². The SMILES string of the molecule is O/C=C/O/C=C/OCCO. The molecule has 0 aliphatic rings. The van der Waals surface area contributed by atoms with Crippen molar-refractivity contribution in [3.05, 3.63) is 25.0 Å². The smallest absolute Gasteiger partial charge is 0.125 e. The number of rotatable bonds is 5. The summed E-state index contributed by atoms with van der Waals surface area (Å²) in [5.74, 6) is 0. The lowest BCUT2D eigenvalue weighted by Gasteiger charge is -1.93. The first-order valence-electron chi connectivity index (χ1n) is 2.74. The Morgan fingerprint density at radius 1 is 1.20 bits per heavy atom. The normalized spacial score (nSPS) is 10.9. The molecular weight excluding hydrogens is 136 g/mol. The molecule has 0 saturated carbocycles. The summed E-state index contributed by atoms with van der Waals surface area (Å²) in [7, 11) is 0. The van der Waals surface area contributed by atoms with E-state index >= 15 is 0 Å². The Morgan fingerprint density at radius 3 is 2.60 bits per heavy atom. The average Bonchev–Trinajstić information content (AvgIpc) is 1.97. The molecule has 4 nitrogen and oxygen atoms in total. The Labute approximate surface area is 59.0 Å². The van der Waals surface area contributed by atoms with E-state index in [0.29, 0.717) is 0 Å². The van der Waals surface area contributed by atoms with Gasteiger partial charge < -0.3 is 19.7 Å². The topological polar surface area (TPSA) is 58.9 Å². The highest BCUT2D eigenvalue weighted by molar-refractivity contribution is 4.67. The molecule has 0 atom stereocenters. The van der Waals surface area contributed by atoms with E-state index in [-0.39, 0.29) is 13.2 Å². The van der Waals surface area contributed by atoms with Crippen LogP contribution >= 0.6 is 0 Å². The summed E-state index contributed by atoms with van der Waals surface area (Å²) in [6, 6.07) is 0. The van der Waals surface area contributed by atoms with Crippen LogP contribution in [0, 0.1) is 0 Å². The average molecular weight is 146 g/mol. The third kappa shape index (κ3) is 6.84. The highest BCUT2D eigenvalue weighted by Gasteiger charge is 1.74. The largest absolute Gasteiger partial charge is 0.512 e. The third-order valence-corrected chi connectivity index (χ3v) is 0.579. The van der Waals surface area contributed by atoms with Crippen LogP contribution in [0.4, 0.5) is 0 Å². The minimum Gasteiger partial charge on any atom is -0.512 e. The Morgan fingerprint density at radius 2 is 2.00 bits per heavy atom. The van der Waals surface area contributed by atoms with Gasteiger partial charge in [0.25, 0.3) is 0 Å². The summed E-state index contributed by atoms with van der Waals surface area (Å²) in [6.45, 7) is 0.211. The Kier molecular flexibility index (Phi) is 6.93. The predicted molar refractivity (Wildman–Crippen MR) is 35.0 cm³/mol. The van der Waals surface area contributed by atoms with E-state index in [1.165, 1.54) is 12.5 Å². The second kappa shape index (κ2) is 7.84. The first-order chi connectivity index (χ1) is 4.91. The molecule has 0 unspecified atom stereocenters. The summed E-state index contributed by atoms with van der Waals surface area (Å²) >= 11 is 0. The Balaban J connectivity index is 3.04. The molecule has 0 bridgehead atoms. The van der Waals surface area contributed by atoms with Crippen LogP contribution in [0.3, 0.4) is 0 Å². The molecule has 0 aromatic heterocycles. The molecule has 0 spiro atoms. The molecule has 0 aliphatic carbocycles. The quantitative estimate of drug-likeness (QED) is 0.438. The van der Waals surface area contributed by atoms with Crippen molar-refractivity contribution in [3.8, 4) is 0 Å². The Hall–Kier alpha value is -1.16. The predicted octanol–water partition coefficient (Wildman–Crippen LogP) is 0.512. The zero-order chi connectivity index (χ0) is 7.66. The summed E-state index contributed by atoms with van der Waals surface area (Å²) in [6.07, 6.45) is 4.35. The molecule has 0 radical (unpaired) electrons.